The number of hydrogen-bond acceptors (Lipinski definition) is 2. The van der Waals surface area contributed by atoms with E-state index in [1.807, 2.05) is 27.0 Å². The van der Waals surface area contributed by atoms with Crippen molar-refractivity contribution in [1.29, 1.82) is 0 Å². The molecule has 78 valence electrons. The first-order valence-electron chi connectivity index (χ1n) is 4.65. The van der Waals surface area contributed by atoms with Crippen molar-refractivity contribution in [2.24, 2.45) is 0 Å². The predicted octanol–water partition coefficient (Wildman–Crippen LogP) is 2.32. The highest BCUT2D eigenvalue weighted by atomic mass is 79.9. The maximum Gasteiger partial charge on any atom is 0.0917 e. The van der Waals surface area contributed by atoms with Crippen molar-refractivity contribution in [1.82, 2.24) is 5.32 Å². The van der Waals surface area contributed by atoms with Gasteiger partial charge < -0.3 is 10.4 Å². The number of aryl methyl sites for hydroxylation is 2. The van der Waals surface area contributed by atoms with Crippen LogP contribution in [0.5, 0.6) is 0 Å². The molecule has 1 rings (SSSR count). The van der Waals surface area contributed by atoms with Gasteiger partial charge in [-0.2, -0.15) is 0 Å². The molecule has 2 nitrogen and oxygen atoms in total. The van der Waals surface area contributed by atoms with Gasteiger partial charge in [0.2, 0.25) is 0 Å². The number of aliphatic hydroxyl groups excluding tert-OH is 1. The number of aliphatic hydroxyl groups is 1. The molecule has 0 aliphatic rings. The molecule has 0 saturated carbocycles. The third-order valence-corrected chi connectivity index (χ3v) is 3.16. The van der Waals surface area contributed by atoms with E-state index in [0.29, 0.717) is 6.54 Å². The van der Waals surface area contributed by atoms with Crippen molar-refractivity contribution in [2.75, 3.05) is 13.6 Å². The summed E-state index contributed by atoms with van der Waals surface area (Å²) in [5.74, 6) is 0. The van der Waals surface area contributed by atoms with Crippen molar-refractivity contribution < 1.29 is 5.11 Å². The molecule has 3 heteroatoms. The zero-order chi connectivity index (χ0) is 10.7. The van der Waals surface area contributed by atoms with E-state index in [2.05, 4.69) is 27.3 Å². The molecule has 0 heterocycles. The van der Waals surface area contributed by atoms with E-state index in [9.17, 15) is 5.11 Å². The molecule has 0 aromatic heterocycles. The summed E-state index contributed by atoms with van der Waals surface area (Å²) < 4.78 is 1.05. The van der Waals surface area contributed by atoms with E-state index in [1.165, 1.54) is 5.56 Å². The fourth-order valence-electron chi connectivity index (χ4n) is 1.50. The van der Waals surface area contributed by atoms with Gasteiger partial charge in [-0.25, -0.2) is 0 Å². The van der Waals surface area contributed by atoms with Crippen LogP contribution in [-0.4, -0.2) is 18.7 Å². The van der Waals surface area contributed by atoms with Gasteiger partial charge in [-0.05, 0) is 43.7 Å². The first-order chi connectivity index (χ1) is 6.56. The Hall–Kier alpha value is -0.380. The van der Waals surface area contributed by atoms with E-state index < -0.39 is 6.10 Å². The molecule has 0 fully saturated rings. The van der Waals surface area contributed by atoms with E-state index in [-0.39, 0.29) is 0 Å². The Bertz CT molecular complexity index is 325. The van der Waals surface area contributed by atoms with Gasteiger partial charge in [0.25, 0.3) is 0 Å². The molecule has 0 amide bonds. The van der Waals surface area contributed by atoms with Crippen LogP contribution in [0.15, 0.2) is 16.6 Å². The standard InChI is InChI=1S/C11H16BrNO/c1-7-4-8(2)10(12)5-9(7)11(14)6-13-3/h4-5,11,13-14H,6H2,1-3H3. The molecule has 0 spiro atoms. The molecule has 1 unspecified atom stereocenters. The Labute approximate surface area is 93.5 Å². The van der Waals surface area contributed by atoms with Crippen LogP contribution < -0.4 is 5.32 Å². The fourth-order valence-corrected chi connectivity index (χ4v) is 1.86. The lowest BCUT2D eigenvalue weighted by atomic mass is 10.0. The van der Waals surface area contributed by atoms with Crippen molar-refractivity contribution in [3.63, 3.8) is 0 Å². The molecule has 0 radical (unpaired) electrons. The molecule has 0 aliphatic heterocycles. The highest BCUT2D eigenvalue weighted by Crippen LogP contribution is 2.25. The second-order valence-electron chi connectivity index (χ2n) is 3.53. The first kappa shape index (κ1) is 11.7. The van der Waals surface area contributed by atoms with Crippen LogP contribution in [0.25, 0.3) is 0 Å². The van der Waals surface area contributed by atoms with Gasteiger partial charge in [0.1, 0.15) is 0 Å². The molecule has 2 N–H and O–H groups in total. The predicted molar refractivity (Wildman–Crippen MR) is 62.5 cm³/mol. The second kappa shape index (κ2) is 4.91. The summed E-state index contributed by atoms with van der Waals surface area (Å²) in [5, 5.41) is 12.8. The van der Waals surface area contributed by atoms with Gasteiger partial charge in [-0.3, -0.25) is 0 Å². The number of rotatable bonds is 3. The Morgan fingerprint density at radius 1 is 1.36 bits per heavy atom. The molecular formula is C11H16BrNO. The highest BCUT2D eigenvalue weighted by molar-refractivity contribution is 9.10. The highest BCUT2D eigenvalue weighted by Gasteiger charge is 2.10. The quantitative estimate of drug-likeness (QED) is 0.872. The third-order valence-electron chi connectivity index (χ3n) is 2.30. The minimum atomic E-state index is -0.433. The van der Waals surface area contributed by atoms with Crippen LogP contribution in [-0.2, 0) is 0 Å². The lowest BCUT2D eigenvalue weighted by Crippen LogP contribution is -2.17. The number of nitrogens with one attached hydrogen (secondary N) is 1. The summed E-state index contributed by atoms with van der Waals surface area (Å²) in [6, 6.07) is 4.07. The summed E-state index contributed by atoms with van der Waals surface area (Å²) in [5.41, 5.74) is 3.31. The maximum atomic E-state index is 9.83. The summed E-state index contributed by atoms with van der Waals surface area (Å²) in [6.07, 6.45) is -0.433. The maximum absolute atomic E-state index is 9.83. The van der Waals surface area contributed by atoms with E-state index in [0.717, 1.165) is 15.6 Å². The molecule has 14 heavy (non-hydrogen) atoms. The molecule has 0 aliphatic carbocycles. The summed E-state index contributed by atoms with van der Waals surface area (Å²) in [7, 11) is 1.84. The van der Waals surface area contributed by atoms with Crippen molar-refractivity contribution in [2.45, 2.75) is 20.0 Å². The van der Waals surface area contributed by atoms with E-state index in [4.69, 9.17) is 0 Å². The zero-order valence-electron chi connectivity index (χ0n) is 8.76. The lowest BCUT2D eigenvalue weighted by molar-refractivity contribution is 0.177. The fraction of sp³-hybridized carbons (Fsp3) is 0.455. The SMILES string of the molecule is CNCC(O)c1cc(Br)c(C)cc1C. The molecule has 1 atom stereocenters. The smallest absolute Gasteiger partial charge is 0.0917 e. The number of hydrogen-bond donors (Lipinski definition) is 2. The summed E-state index contributed by atoms with van der Waals surface area (Å²) in [4.78, 5) is 0. The Morgan fingerprint density at radius 3 is 2.57 bits per heavy atom. The van der Waals surface area contributed by atoms with Crippen LogP contribution in [0.3, 0.4) is 0 Å². The molecule has 1 aromatic rings. The van der Waals surface area contributed by atoms with Gasteiger partial charge >= 0.3 is 0 Å². The van der Waals surface area contributed by atoms with E-state index in [1.54, 1.807) is 0 Å². The zero-order valence-corrected chi connectivity index (χ0v) is 10.4. The van der Waals surface area contributed by atoms with Crippen molar-refractivity contribution in [3.05, 3.63) is 33.3 Å². The van der Waals surface area contributed by atoms with Crippen molar-refractivity contribution in [3.8, 4) is 0 Å². The van der Waals surface area contributed by atoms with E-state index >= 15 is 0 Å². The molecule has 0 bridgehead atoms. The van der Waals surface area contributed by atoms with Crippen LogP contribution in [0.4, 0.5) is 0 Å². The van der Waals surface area contributed by atoms with Gasteiger partial charge in [-0.15, -0.1) is 0 Å². The van der Waals surface area contributed by atoms with Crippen LogP contribution in [0.1, 0.15) is 22.8 Å². The molecular weight excluding hydrogens is 242 g/mol. The summed E-state index contributed by atoms with van der Waals surface area (Å²) in [6.45, 7) is 4.65. The van der Waals surface area contributed by atoms with Gasteiger partial charge in [0, 0.05) is 11.0 Å². The molecule has 1 aromatic carbocycles. The number of likely N-dealkylation sites (N-methyl/N-ethyl adjacent to an activating group) is 1. The Balaban J connectivity index is 3.02. The van der Waals surface area contributed by atoms with Crippen LogP contribution >= 0.6 is 15.9 Å². The van der Waals surface area contributed by atoms with Crippen LogP contribution in [0.2, 0.25) is 0 Å². The Morgan fingerprint density at radius 2 is 2.00 bits per heavy atom. The largest absolute Gasteiger partial charge is 0.387 e. The average molecular weight is 258 g/mol. The second-order valence-corrected chi connectivity index (χ2v) is 4.39. The monoisotopic (exact) mass is 257 g/mol. The third kappa shape index (κ3) is 2.56. The minimum absolute atomic E-state index is 0.433. The Kier molecular flexibility index (Phi) is 4.11. The average Bonchev–Trinajstić information content (AvgIpc) is 2.11. The topological polar surface area (TPSA) is 32.3 Å². The first-order valence-corrected chi connectivity index (χ1v) is 5.45. The molecule has 0 saturated heterocycles. The normalized spacial score (nSPS) is 12.9. The summed E-state index contributed by atoms with van der Waals surface area (Å²) >= 11 is 3.47. The van der Waals surface area contributed by atoms with Gasteiger partial charge in [0.05, 0.1) is 6.10 Å². The lowest BCUT2D eigenvalue weighted by Gasteiger charge is -2.14. The van der Waals surface area contributed by atoms with Crippen LogP contribution in [0, 0.1) is 13.8 Å². The number of benzene rings is 1. The number of halogens is 1. The van der Waals surface area contributed by atoms with Crippen molar-refractivity contribution >= 4 is 15.9 Å². The van der Waals surface area contributed by atoms with Gasteiger partial charge in [-0.1, -0.05) is 22.0 Å². The minimum Gasteiger partial charge on any atom is -0.387 e. The van der Waals surface area contributed by atoms with Gasteiger partial charge in [0.15, 0.2) is 0 Å².